The number of nitrogens with one attached hydrogen (secondary N) is 1. The third-order valence-electron chi connectivity index (χ3n) is 1.75. The summed E-state index contributed by atoms with van der Waals surface area (Å²) in [6, 6.07) is 0. The van der Waals surface area contributed by atoms with E-state index < -0.39 is 41.5 Å². The first kappa shape index (κ1) is 15.0. The highest BCUT2D eigenvalue weighted by Gasteiger charge is 2.30. The molecule has 0 aliphatic carbocycles. The highest BCUT2D eigenvalue weighted by molar-refractivity contribution is 7.88. The summed E-state index contributed by atoms with van der Waals surface area (Å²) < 4.78 is 54.7. The van der Waals surface area contributed by atoms with Crippen LogP contribution in [0.3, 0.4) is 0 Å². The van der Waals surface area contributed by atoms with E-state index >= 15 is 0 Å². The molecular formula is C6H8N2O7S3. The lowest BCUT2D eigenvalue weighted by atomic mass is 10.3. The van der Waals surface area contributed by atoms with E-state index in [1.807, 2.05) is 4.72 Å². The van der Waals surface area contributed by atoms with Crippen LogP contribution in [0.5, 0.6) is 0 Å². The third-order valence-corrected chi connectivity index (χ3v) is 4.50. The Morgan fingerprint density at radius 3 is 2.39 bits per heavy atom. The molecule has 2 N–H and O–H groups in total. The monoisotopic (exact) mass is 316 g/mol. The van der Waals surface area contributed by atoms with Crippen LogP contribution in [0.15, 0.2) is 10.3 Å². The van der Waals surface area contributed by atoms with Crippen LogP contribution in [0.1, 0.15) is 5.56 Å². The van der Waals surface area contributed by atoms with Crippen molar-refractivity contribution >= 4 is 36.5 Å². The molecule has 0 aliphatic rings. The van der Waals surface area contributed by atoms with Gasteiger partial charge in [-0.05, 0) is 0 Å². The molecule has 0 radical (unpaired) electrons. The lowest BCUT2D eigenvalue weighted by Crippen LogP contribution is -2.22. The van der Waals surface area contributed by atoms with Crippen LogP contribution < -0.4 is 4.72 Å². The summed E-state index contributed by atoms with van der Waals surface area (Å²) in [6.07, 6.45) is 0.848. The van der Waals surface area contributed by atoms with Gasteiger partial charge in [0.2, 0.25) is 10.0 Å². The van der Waals surface area contributed by atoms with Crippen LogP contribution in [-0.4, -0.2) is 32.6 Å². The molecule has 0 unspecified atom stereocenters. The first-order valence-electron chi connectivity index (χ1n) is 4.19. The molecule has 18 heavy (non-hydrogen) atoms. The quantitative estimate of drug-likeness (QED) is 0.440. The van der Waals surface area contributed by atoms with E-state index in [4.69, 9.17) is 4.55 Å². The summed E-state index contributed by atoms with van der Waals surface area (Å²) in [5, 5.41) is 10.9. The van der Waals surface area contributed by atoms with Crippen molar-refractivity contribution in [1.82, 2.24) is 4.72 Å². The minimum Gasteiger partial charge on any atom is -0.282 e. The molecule has 0 saturated heterocycles. The number of sulfonamides is 1. The molecule has 1 rings (SSSR count). The van der Waals surface area contributed by atoms with E-state index in [1.54, 1.807) is 0 Å². The van der Waals surface area contributed by atoms with Gasteiger partial charge in [-0.3, -0.25) is 14.7 Å². The average molecular weight is 316 g/mol. The van der Waals surface area contributed by atoms with E-state index in [1.165, 1.54) is 0 Å². The molecule has 0 fully saturated rings. The maximum atomic E-state index is 11.0. The van der Waals surface area contributed by atoms with E-state index in [2.05, 4.69) is 0 Å². The Balaban J connectivity index is 3.26. The summed E-state index contributed by atoms with van der Waals surface area (Å²) in [5.41, 5.74) is -0.181. The van der Waals surface area contributed by atoms with Crippen molar-refractivity contribution in [3.8, 4) is 0 Å². The SMILES string of the molecule is CS(=O)(=O)NCc1csc([N+](=O)[O-])c1S(=O)(=O)O. The minimum absolute atomic E-state index is 0.181. The zero-order valence-corrected chi connectivity index (χ0v) is 11.3. The van der Waals surface area contributed by atoms with E-state index in [-0.39, 0.29) is 5.56 Å². The zero-order valence-electron chi connectivity index (χ0n) is 8.85. The lowest BCUT2D eigenvalue weighted by Gasteiger charge is -2.02. The first-order chi connectivity index (χ1) is 8.02. The Bertz CT molecular complexity index is 672. The number of hydrogen-bond acceptors (Lipinski definition) is 7. The van der Waals surface area contributed by atoms with Gasteiger partial charge in [0.05, 0.1) is 11.2 Å². The standard InChI is InChI=1S/C6H8N2O7S3/c1-17(11,12)7-2-4-3-16-6(8(9)10)5(4)18(13,14)15/h3,7H,2H2,1H3,(H,13,14,15). The van der Waals surface area contributed by atoms with Gasteiger partial charge in [-0.1, -0.05) is 11.3 Å². The largest absolute Gasteiger partial charge is 0.345 e. The number of hydrogen-bond donors (Lipinski definition) is 2. The maximum Gasteiger partial charge on any atom is 0.345 e. The van der Waals surface area contributed by atoms with Crippen LogP contribution in [-0.2, 0) is 26.7 Å². The molecule has 0 saturated carbocycles. The van der Waals surface area contributed by atoms with Gasteiger partial charge >= 0.3 is 15.1 Å². The van der Waals surface area contributed by atoms with Crippen molar-refractivity contribution in [1.29, 1.82) is 0 Å². The number of nitro groups is 1. The predicted octanol–water partition coefficient (Wildman–Crippen LogP) is -0.0478. The van der Waals surface area contributed by atoms with Crippen molar-refractivity contribution in [3.63, 3.8) is 0 Å². The van der Waals surface area contributed by atoms with Crippen LogP contribution in [0.25, 0.3) is 0 Å². The van der Waals surface area contributed by atoms with Gasteiger partial charge in [0.25, 0.3) is 0 Å². The smallest absolute Gasteiger partial charge is 0.282 e. The predicted molar refractivity (Wildman–Crippen MR) is 62.5 cm³/mol. The summed E-state index contributed by atoms with van der Waals surface area (Å²) in [7, 11) is -8.39. The van der Waals surface area contributed by atoms with Crippen molar-refractivity contribution in [2.45, 2.75) is 11.4 Å². The third kappa shape index (κ3) is 3.71. The maximum absolute atomic E-state index is 11.0. The van der Waals surface area contributed by atoms with E-state index in [0.29, 0.717) is 11.3 Å². The molecule has 9 nitrogen and oxygen atoms in total. The van der Waals surface area contributed by atoms with Crippen LogP contribution in [0.4, 0.5) is 5.00 Å². The highest BCUT2D eigenvalue weighted by Crippen LogP contribution is 2.34. The van der Waals surface area contributed by atoms with Gasteiger partial charge < -0.3 is 0 Å². The average Bonchev–Trinajstić information content (AvgIpc) is 2.56. The molecule has 0 aliphatic heterocycles. The van der Waals surface area contributed by atoms with Crippen molar-refractivity contribution in [3.05, 3.63) is 21.1 Å². The number of nitrogens with zero attached hydrogens (tertiary/aromatic N) is 1. The molecule has 102 valence electrons. The second-order valence-electron chi connectivity index (χ2n) is 3.22. The fourth-order valence-corrected chi connectivity index (χ4v) is 3.59. The van der Waals surface area contributed by atoms with E-state index in [0.717, 1.165) is 11.6 Å². The van der Waals surface area contributed by atoms with Gasteiger partial charge in [-0.15, -0.1) is 0 Å². The number of thiophene rings is 1. The Morgan fingerprint density at radius 2 is 2.00 bits per heavy atom. The number of rotatable bonds is 5. The zero-order chi connectivity index (χ0) is 14.1. The molecule has 0 atom stereocenters. The summed E-state index contributed by atoms with van der Waals surface area (Å²) >= 11 is 0.489. The normalized spacial score (nSPS) is 12.6. The molecule has 0 bridgehead atoms. The van der Waals surface area contributed by atoms with Gasteiger partial charge in [-0.2, -0.15) is 8.42 Å². The van der Waals surface area contributed by atoms with Crippen molar-refractivity contribution in [2.75, 3.05) is 6.26 Å². The van der Waals surface area contributed by atoms with Gasteiger partial charge in [-0.25, -0.2) is 13.1 Å². The fraction of sp³-hybridized carbons (Fsp3) is 0.333. The molecule has 1 aromatic rings. The summed E-state index contributed by atoms with van der Waals surface area (Å²) in [6.45, 7) is -0.460. The van der Waals surface area contributed by atoms with Crippen LogP contribution >= 0.6 is 11.3 Å². The molecule has 1 heterocycles. The molecule has 1 aromatic heterocycles. The fourth-order valence-electron chi connectivity index (χ4n) is 1.10. The topological polar surface area (TPSA) is 144 Å². The van der Waals surface area contributed by atoms with Gasteiger partial charge in [0, 0.05) is 17.5 Å². The Morgan fingerprint density at radius 1 is 1.44 bits per heavy atom. The minimum atomic E-state index is -4.80. The van der Waals surface area contributed by atoms with Crippen molar-refractivity contribution < 1.29 is 26.3 Å². The molecule has 12 heteroatoms. The van der Waals surface area contributed by atoms with E-state index in [9.17, 15) is 26.9 Å². The first-order valence-corrected chi connectivity index (χ1v) is 8.40. The highest BCUT2D eigenvalue weighted by atomic mass is 32.2. The lowest BCUT2D eigenvalue weighted by molar-refractivity contribution is -0.383. The summed E-state index contributed by atoms with van der Waals surface area (Å²) in [5.74, 6) is 0. The Kier molecular flexibility index (Phi) is 4.07. The molecule has 0 amide bonds. The molecule has 0 spiro atoms. The Hall–Kier alpha value is -1.08. The van der Waals surface area contributed by atoms with Crippen LogP contribution in [0.2, 0.25) is 0 Å². The Labute approximate surface area is 106 Å². The van der Waals surface area contributed by atoms with Gasteiger partial charge in [0.1, 0.15) is 0 Å². The van der Waals surface area contributed by atoms with Crippen LogP contribution in [0, 0.1) is 10.1 Å². The summed E-state index contributed by atoms with van der Waals surface area (Å²) in [4.78, 5) is 8.74. The second-order valence-corrected chi connectivity index (χ2v) is 7.27. The van der Waals surface area contributed by atoms with Gasteiger partial charge in [0.15, 0.2) is 4.90 Å². The second kappa shape index (κ2) is 4.89. The molecular weight excluding hydrogens is 308 g/mol. The van der Waals surface area contributed by atoms with Crippen molar-refractivity contribution in [2.24, 2.45) is 0 Å². The molecule has 0 aromatic carbocycles.